The molecule has 1 aromatic carbocycles. The molecule has 7 heteroatoms. The fraction of sp³-hybridized carbons (Fsp3) is 0.381. The number of aromatic nitrogens is 2. The van der Waals surface area contributed by atoms with E-state index in [2.05, 4.69) is 15.5 Å². The average molecular weight is 383 g/mol. The molecule has 7 nitrogen and oxygen atoms in total. The van der Waals surface area contributed by atoms with E-state index >= 15 is 0 Å². The van der Waals surface area contributed by atoms with E-state index in [9.17, 15) is 4.79 Å². The van der Waals surface area contributed by atoms with Crippen molar-refractivity contribution >= 4 is 17.0 Å². The Balaban J connectivity index is 1.72. The maximum absolute atomic E-state index is 12.9. The van der Waals surface area contributed by atoms with Crippen LogP contribution < -0.4 is 10.1 Å². The molecule has 0 fully saturated rings. The Hall–Kier alpha value is -2.93. The molecule has 28 heavy (non-hydrogen) atoms. The molecule has 0 saturated heterocycles. The molecule has 3 aromatic rings. The highest BCUT2D eigenvalue weighted by Gasteiger charge is 2.19. The molecule has 1 amide bonds. The lowest BCUT2D eigenvalue weighted by atomic mass is 10.0. The highest BCUT2D eigenvalue weighted by molar-refractivity contribution is 6.06. The Bertz CT molecular complexity index is 948. The summed E-state index contributed by atoms with van der Waals surface area (Å²) >= 11 is 0. The molecule has 0 aliphatic carbocycles. The summed E-state index contributed by atoms with van der Waals surface area (Å²) in [5.41, 5.74) is 3.36. The van der Waals surface area contributed by atoms with Crippen molar-refractivity contribution in [1.82, 2.24) is 15.5 Å². The first-order valence-electron chi connectivity index (χ1n) is 9.25. The van der Waals surface area contributed by atoms with Crippen molar-refractivity contribution in [3.8, 4) is 5.75 Å². The smallest absolute Gasteiger partial charge is 0.259 e. The third kappa shape index (κ3) is 4.48. The number of pyridine rings is 1. The van der Waals surface area contributed by atoms with Crippen LogP contribution in [0.4, 0.5) is 0 Å². The van der Waals surface area contributed by atoms with Gasteiger partial charge < -0.3 is 19.3 Å². The monoisotopic (exact) mass is 383 g/mol. The van der Waals surface area contributed by atoms with Crippen molar-refractivity contribution in [2.24, 2.45) is 0 Å². The number of benzene rings is 1. The molecular weight excluding hydrogens is 358 g/mol. The van der Waals surface area contributed by atoms with Crippen molar-refractivity contribution in [1.29, 1.82) is 0 Å². The Morgan fingerprint density at radius 2 is 1.96 bits per heavy atom. The molecule has 148 valence electrons. The second kappa shape index (κ2) is 8.84. The predicted molar refractivity (Wildman–Crippen MR) is 106 cm³/mol. The third-order valence-electron chi connectivity index (χ3n) is 4.41. The van der Waals surface area contributed by atoms with Gasteiger partial charge in [0.1, 0.15) is 12.4 Å². The summed E-state index contributed by atoms with van der Waals surface area (Å²) in [6.07, 6.45) is 0. The van der Waals surface area contributed by atoms with E-state index in [1.54, 1.807) is 7.11 Å². The molecule has 0 aliphatic rings. The maximum Gasteiger partial charge on any atom is 0.259 e. The molecule has 1 N–H and O–H groups in total. The third-order valence-corrected chi connectivity index (χ3v) is 4.41. The van der Waals surface area contributed by atoms with Gasteiger partial charge in [-0.15, -0.1) is 0 Å². The number of carbonyl (C=O) groups is 1. The van der Waals surface area contributed by atoms with E-state index in [0.29, 0.717) is 42.1 Å². The van der Waals surface area contributed by atoms with E-state index in [-0.39, 0.29) is 11.8 Å². The molecule has 0 aliphatic heterocycles. The average Bonchev–Trinajstić information content (AvgIpc) is 3.07. The molecule has 2 aromatic heterocycles. The minimum atomic E-state index is -0.180. The number of fused-ring (bicyclic) bond motifs is 1. The van der Waals surface area contributed by atoms with Crippen LogP contribution in [-0.2, 0) is 11.3 Å². The standard InChI is InChI=1S/C21H25N3O4/c1-13(2)18-11-17(19-14(3)24-28-21(19)23-18)20(25)22-12-15-5-7-16(8-6-15)27-10-9-26-4/h5-8,11,13H,9-10,12H2,1-4H3,(H,22,25). The fourth-order valence-electron chi connectivity index (χ4n) is 2.81. The molecule has 0 bridgehead atoms. The van der Waals surface area contributed by atoms with E-state index in [0.717, 1.165) is 17.0 Å². The summed E-state index contributed by atoms with van der Waals surface area (Å²) in [5, 5.41) is 7.58. The van der Waals surface area contributed by atoms with E-state index in [1.165, 1.54) is 0 Å². The Labute approximate surface area is 164 Å². The maximum atomic E-state index is 12.9. The van der Waals surface area contributed by atoms with Crippen molar-refractivity contribution in [2.45, 2.75) is 33.2 Å². The van der Waals surface area contributed by atoms with Gasteiger partial charge in [0.25, 0.3) is 11.6 Å². The summed E-state index contributed by atoms with van der Waals surface area (Å²) in [6.45, 7) is 7.30. The zero-order valence-corrected chi connectivity index (χ0v) is 16.6. The number of rotatable bonds is 8. The van der Waals surface area contributed by atoms with Gasteiger partial charge in [-0.25, -0.2) is 4.98 Å². The van der Waals surface area contributed by atoms with Crippen molar-refractivity contribution < 1.29 is 18.8 Å². The van der Waals surface area contributed by atoms with Gasteiger partial charge in [0.2, 0.25) is 0 Å². The van der Waals surface area contributed by atoms with Gasteiger partial charge in [0.15, 0.2) is 0 Å². The molecule has 0 saturated carbocycles. The number of amides is 1. The predicted octanol–water partition coefficient (Wildman–Crippen LogP) is 3.61. The Morgan fingerprint density at radius 1 is 1.21 bits per heavy atom. The van der Waals surface area contributed by atoms with Crippen LogP contribution in [0, 0.1) is 6.92 Å². The summed E-state index contributed by atoms with van der Waals surface area (Å²) in [4.78, 5) is 17.3. The van der Waals surface area contributed by atoms with Gasteiger partial charge in [0.05, 0.1) is 23.3 Å². The van der Waals surface area contributed by atoms with Crippen LogP contribution in [0.15, 0.2) is 34.9 Å². The highest BCUT2D eigenvalue weighted by Crippen LogP contribution is 2.25. The highest BCUT2D eigenvalue weighted by atomic mass is 16.5. The quantitative estimate of drug-likeness (QED) is 0.598. The van der Waals surface area contributed by atoms with E-state index < -0.39 is 0 Å². The van der Waals surface area contributed by atoms with E-state index in [1.807, 2.05) is 51.1 Å². The van der Waals surface area contributed by atoms with Gasteiger partial charge in [-0.05, 0) is 36.6 Å². The van der Waals surface area contributed by atoms with Crippen molar-refractivity contribution in [3.63, 3.8) is 0 Å². The van der Waals surface area contributed by atoms with Gasteiger partial charge in [-0.3, -0.25) is 4.79 Å². The largest absolute Gasteiger partial charge is 0.491 e. The van der Waals surface area contributed by atoms with Crippen LogP contribution in [0.2, 0.25) is 0 Å². The number of hydrogen-bond acceptors (Lipinski definition) is 6. The van der Waals surface area contributed by atoms with Crippen LogP contribution in [0.3, 0.4) is 0 Å². The van der Waals surface area contributed by atoms with Crippen LogP contribution in [0.1, 0.15) is 47.1 Å². The van der Waals surface area contributed by atoms with Gasteiger partial charge in [-0.1, -0.05) is 31.1 Å². The number of methoxy groups -OCH3 is 1. The summed E-state index contributed by atoms with van der Waals surface area (Å²) in [5.74, 6) is 0.762. The van der Waals surface area contributed by atoms with Gasteiger partial charge in [-0.2, -0.15) is 0 Å². The Morgan fingerprint density at radius 3 is 2.64 bits per heavy atom. The summed E-state index contributed by atoms with van der Waals surface area (Å²) in [7, 11) is 1.64. The lowest BCUT2D eigenvalue weighted by Crippen LogP contribution is -2.23. The zero-order valence-electron chi connectivity index (χ0n) is 16.6. The Kier molecular flexibility index (Phi) is 6.26. The lowest BCUT2D eigenvalue weighted by Gasteiger charge is -2.10. The molecule has 0 radical (unpaired) electrons. The number of carbonyl (C=O) groups excluding carboxylic acids is 1. The number of aryl methyl sites for hydroxylation is 1. The van der Waals surface area contributed by atoms with Gasteiger partial charge in [0, 0.05) is 19.3 Å². The molecule has 0 atom stereocenters. The summed E-state index contributed by atoms with van der Waals surface area (Å²) in [6, 6.07) is 9.42. The van der Waals surface area contributed by atoms with Crippen LogP contribution >= 0.6 is 0 Å². The molecule has 2 heterocycles. The molecule has 3 rings (SSSR count). The topological polar surface area (TPSA) is 86.5 Å². The zero-order chi connectivity index (χ0) is 20.1. The fourth-order valence-corrected chi connectivity index (χ4v) is 2.81. The van der Waals surface area contributed by atoms with Crippen LogP contribution in [0.5, 0.6) is 5.75 Å². The first-order valence-corrected chi connectivity index (χ1v) is 9.25. The number of nitrogens with one attached hydrogen (secondary N) is 1. The minimum absolute atomic E-state index is 0.173. The number of nitrogens with zero attached hydrogens (tertiary/aromatic N) is 2. The van der Waals surface area contributed by atoms with Crippen LogP contribution in [0.25, 0.3) is 11.1 Å². The van der Waals surface area contributed by atoms with Crippen molar-refractivity contribution in [2.75, 3.05) is 20.3 Å². The number of ether oxygens (including phenoxy) is 2. The first-order chi connectivity index (χ1) is 13.5. The molecule has 0 spiro atoms. The first kappa shape index (κ1) is 19.8. The molecular formula is C21H25N3O4. The minimum Gasteiger partial charge on any atom is -0.491 e. The normalized spacial score (nSPS) is 11.2. The SMILES string of the molecule is COCCOc1ccc(CNC(=O)c2cc(C(C)C)nc3onc(C)c23)cc1. The van der Waals surface area contributed by atoms with E-state index in [4.69, 9.17) is 14.0 Å². The second-order valence-corrected chi connectivity index (χ2v) is 6.87. The van der Waals surface area contributed by atoms with Gasteiger partial charge >= 0.3 is 0 Å². The van der Waals surface area contributed by atoms with Crippen molar-refractivity contribution in [3.05, 3.63) is 52.8 Å². The number of hydrogen-bond donors (Lipinski definition) is 1. The summed E-state index contributed by atoms with van der Waals surface area (Å²) < 4.78 is 15.8. The van der Waals surface area contributed by atoms with Crippen LogP contribution in [-0.4, -0.2) is 36.4 Å². The lowest BCUT2D eigenvalue weighted by molar-refractivity contribution is 0.0952. The molecule has 0 unspecified atom stereocenters. The second-order valence-electron chi connectivity index (χ2n) is 6.87.